The summed E-state index contributed by atoms with van der Waals surface area (Å²) in [4.78, 5) is 2.59. The molecule has 0 aromatic heterocycles. The zero-order valence-electron chi connectivity index (χ0n) is 33.1. The van der Waals surface area contributed by atoms with Crippen molar-refractivity contribution in [2.24, 2.45) is 0 Å². The Labute approximate surface area is 332 Å². The van der Waals surface area contributed by atoms with Gasteiger partial charge in [0, 0.05) is 16.9 Å². The predicted molar refractivity (Wildman–Crippen MR) is 235 cm³/mol. The monoisotopic (exact) mass is 723 g/mol. The molecule has 56 heavy (non-hydrogen) atoms. The van der Waals surface area contributed by atoms with E-state index in [1.165, 1.54) is 121 Å². The van der Waals surface area contributed by atoms with Crippen molar-refractivity contribution in [3.8, 4) is 33.4 Å². The van der Waals surface area contributed by atoms with Gasteiger partial charge in [0.05, 0.1) is 11.1 Å². The van der Waals surface area contributed by atoms with E-state index < -0.39 is 5.41 Å². The number of fused-ring (bicyclic) bond motifs is 12. The van der Waals surface area contributed by atoms with E-state index in [4.69, 9.17) is 0 Å². The molecule has 1 spiro atoms. The molecule has 0 atom stereocenters. The largest absolute Gasteiger partial charge is 0.310 e. The Hall–Kier alpha value is -5.66. The lowest BCUT2D eigenvalue weighted by molar-refractivity contribution is 0.333. The van der Waals surface area contributed by atoms with E-state index in [2.05, 4.69) is 184 Å². The fraction of sp³-hybridized carbons (Fsp3) is 0.236. The minimum atomic E-state index is -0.429. The average molecular weight is 724 g/mol. The fourth-order valence-corrected chi connectivity index (χ4v) is 11.3. The molecule has 274 valence electrons. The van der Waals surface area contributed by atoms with E-state index in [1.807, 2.05) is 0 Å². The maximum Gasteiger partial charge on any atom is 0.0726 e. The molecule has 0 unspecified atom stereocenters. The number of aryl methyl sites for hydroxylation is 2. The van der Waals surface area contributed by atoms with Gasteiger partial charge >= 0.3 is 0 Å². The molecule has 4 aliphatic rings. The number of nitrogens with zero attached hydrogens (tertiary/aromatic N) is 1. The van der Waals surface area contributed by atoms with Gasteiger partial charge in [0.15, 0.2) is 0 Å². The van der Waals surface area contributed by atoms with Crippen LogP contribution in [0.2, 0.25) is 0 Å². The molecule has 0 N–H and O–H groups in total. The van der Waals surface area contributed by atoms with Crippen molar-refractivity contribution >= 4 is 17.1 Å². The van der Waals surface area contributed by atoms with Gasteiger partial charge in [0.25, 0.3) is 0 Å². The highest BCUT2D eigenvalue weighted by molar-refractivity contribution is 6.00. The summed E-state index contributed by atoms with van der Waals surface area (Å²) in [5.74, 6) is 0. The van der Waals surface area contributed by atoms with E-state index in [-0.39, 0.29) is 10.8 Å². The van der Waals surface area contributed by atoms with Crippen LogP contribution in [0, 0.1) is 0 Å². The third-order valence-electron chi connectivity index (χ3n) is 14.1. The lowest BCUT2D eigenvalue weighted by Gasteiger charge is -2.43. The summed E-state index contributed by atoms with van der Waals surface area (Å²) >= 11 is 0. The van der Waals surface area contributed by atoms with E-state index in [0.29, 0.717) is 0 Å². The van der Waals surface area contributed by atoms with E-state index in [9.17, 15) is 0 Å². The molecule has 11 rings (SSSR count). The lowest BCUT2D eigenvalue weighted by Crippen LogP contribution is -2.34. The van der Waals surface area contributed by atoms with Gasteiger partial charge < -0.3 is 4.90 Å². The molecular formula is C55H49N. The van der Waals surface area contributed by atoms with Gasteiger partial charge in [-0.25, -0.2) is 0 Å². The highest BCUT2D eigenvalue weighted by Crippen LogP contribution is 2.64. The SMILES string of the molecule is CC1(C)CCC(C)(C)c2c(-c3cc4c(cc3N(c3ccccc3)c3ccc5c(c3)CCCC5)C3(c5ccccc5-c5ccccc53)c3ccccc3-4)cccc21. The second-order valence-corrected chi connectivity index (χ2v) is 18.1. The van der Waals surface area contributed by atoms with Crippen molar-refractivity contribution in [1.29, 1.82) is 0 Å². The van der Waals surface area contributed by atoms with Gasteiger partial charge in [-0.15, -0.1) is 0 Å². The van der Waals surface area contributed by atoms with Crippen LogP contribution in [-0.4, -0.2) is 0 Å². The molecule has 1 heteroatoms. The van der Waals surface area contributed by atoms with Gasteiger partial charge in [0.1, 0.15) is 0 Å². The summed E-state index contributed by atoms with van der Waals surface area (Å²) < 4.78 is 0. The Bertz CT molecular complexity index is 2660. The normalized spacial score (nSPS) is 17.3. The minimum Gasteiger partial charge on any atom is -0.310 e. The summed E-state index contributed by atoms with van der Waals surface area (Å²) in [6.07, 6.45) is 7.20. The highest BCUT2D eigenvalue weighted by atomic mass is 15.1. The van der Waals surface area contributed by atoms with Crippen LogP contribution >= 0.6 is 0 Å². The molecule has 7 aromatic rings. The molecule has 0 fully saturated rings. The standard InChI is InChI=1S/C55H49N/c1-53(2)31-32-54(3,4)52-43(24-16-28-49(52)53)45-34-44-42-23-12-15-27-48(42)55(46-25-13-10-21-40(46)41-22-11-14-26-47(41)55)50(44)35-51(45)56(38-19-6-5-7-20-38)39-30-29-36-17-8-9-18-37(36)33-39/h5-7,10-16,19-30,33-35H,8-9,17-18,31-32H2,1-4H3. The Kier molecular flexibility index (Phi) is 7.31. The van der Waals surface area contributed by atoms with Crippen LogP contribution < -0.4 is 4.90 Å². The number of anilines is 3. The van der Waals surface area contributed by atoms with Gasteiger partial charge in [0.2, 0.25) is 0 Å². The summed E-state index contributed by atoms with van der Waals surface area (Å²) in [6.45, 7) is 9.86. The van der Waals surface area contributed by atoms with Gasteiger partial charge in [-0.2, -0.15) is 0 Å². The first-order valence-corrected chi connectivity index (χ1v) is 20.9. The second kappa shape index (κ2) is 12.2. The van der Waals surface area contributed by atoms with Gasteiger partial charge in [-0.05, 0) is 158 Å². The number of hydrogen-bond acceptors (Lipinski definition) is 1. The maximum atomic E-state index is 2.62. The van der Waals surface area contributed by atoms with Crippen molar-refractivity contribution in [3.05, 3.63) is 196 Å². The zero-order chi connectivity index (χ0) is 37.8. The second-order valence-electron chi connectivity index (χ2n) is 18.1. The maximum absolute atomic E-state index is 2.62. The number of hydrogen-bond donors (Lipinski definition) is 0. The first-order valence-electron chi connectivity index (χ1n) is 20.9. The molecule has 7 aromatic carbocycles. The fourth-order valence-electron chi connectivity index (χ4n) is 11.3. The Morgan fingerprint density at radius 1 is 0.393 bits per heavy atom. The van der Waals surface area contributed by atoms with Crippen LogP contribution in [0.25, 0.3) is 33.4 Å². The Morgan fingerprint density at radius 2 is 0.946 bits per heavy atom. The molecule has 0 saturated carbocycles. The molecule has 0 aliphatic heterocycles. The van der Waals surface area contributed by atoms with Crippen LogP contribution in [-0.2, 0) is 29.1 Å². The van der Waals surface area contributed by atoms with Crippen LogP contribution in [0.4, 0.5) is 17.1 Å². The van der Waals surface area contributed by atoms with Crippen molar-refractivity contribution in [1.82, 2.24) is 0 Å². The molecular weight excluding hydrogens is 675 g/mol. The number of rotatable bonds is 4. The minimum absolute atomic E-state index is 0.0313. The number of benzene rings is 7. The average Bonchev–Trinajstić information content (AvgIpc) is 3.69. The van der Waals surface area contributed by atoms with Crippen LogP contribution in [0.5, 0.6) is 0 Å². The summed E-state index contributed by atoms with van der Waals surface area (Å²) in [5.41, 5.74) is 22.9. The zero-order valence-corrected chi connectivity index (χ0v) is 33.1. The van der Waals surface area contributed by atoms with Crippen LogP contribution in [0.15, 0.2) is 152 Å². The third-order valence-corrected chi connectivity index (χ3v) is 14.1. The summed E-state index contributed by atoms with van der Waals surface area (Å²) in [5, 5.41) is 0. The van der Waals surface area contributed by atoms with Gasteiger partial charge in [-0.1, -0.05) is 143 Å². The summed E-state index contributed by atoms with van der Waals surface area (Å²) in [7, 11) is 0. The van der Waals surface area contributed by atoms with Crippen LogP contribution in [0.1, 0.15) is 97.9 Å². The van der Waals surface area contributed by atoms with Crippen molar-refractivity contribution in [2.45, 2.75) is 82.5 Å². The quantitative estimate of drug-likeness (QED) is 0.175. The van der Waals surface area contributed by atoms with E-state index >= 15 is 0 Å². The van der Waals surface area contributed by atoms with Crippen molar-refractivity contribution in [2.75, 3.05) is 4.90 Å². The highest BCUT2D eigenvalue weighted by Gasteiger charge is 2.52. The van der Waals surface area contributed by atoms with Crippen molar-refractivity contribution in [3.63, 3.8) is 0 Å². The molecule has 0 heterocycles. The molecule has 0 amide bonds. The Morgan fingerprint density at radius 3 is 1.62 bits per heavy atom. The Balaban J connectivity index is 1.29. The topological polar surface area (TPSA) is 3.24 Å². The summed E-state index contributed by atoms with van der Waals surface area (Å²) in [6, 6.07) is 58.5. The number of para-hydroxylation sites is 1. The van der Waals surface area contributed by atoms with E-state index in [1.54, 1.807) is 0 Å². The molecule has 1 nitrogen and oxygen atoms in total. The van der Waals surface area contributed by atoms with E-state index in [0.717, 1.165) is 12.8 Å². The smallest absolute Gasteiger partial charge is 0.0726 e. The molecule has 0 radical (unpaired) electrons. The first kappa shape index (κ1) is 33.7. The van der Waals surface area contributed by atoms with Crippen LogP contribution in [0.3, 0.4) is 0 Å². The lowest BCUT2D eigenvalue weighted by atomic mass is 9.61. The molecule has 0 bridgehead atoms. The predicted octanol–water partition coefficient (Wildman–Crippen LogP) is 14.4. The third kappa shape index (κ3) is 4.67. The molecule has 0 saturated heterocycles. The molecule has 4 aliphatic carbocycles. The first-order chi connectivity index (χ1) is 27.3. The van der Waals surface area contributed by atoms with Crippen molar-refractivity contribution < 1.29 is 0 Å². The van der Waals surface area contributed by atoms with Gasteiger partial charge in [-0.3, -0.25) is 0 Å².